The van der Waals surface area contributed by atoms with Crippen LogP contribution in [0.2, 0.25) is 0 Å². The first-order valence-corrected chi connectivity index (χ1v) is 14.5. The molecule has 2 aromatic carbocycles. The van der Waals surface area contributed by atoms with E-state index in [4.69, 9.17) is 14.6 Å². The average Bonchev–Trinajstić information content (AvgIpc) is 3.46. The molecule has 5 rings (SSSR count). The van der Waals surface area contributed by atoms with Crippen LogP contribution >= 0.6 is 0 Å². The van der Waals surface area contributed by atoms with E-state index in [9.17, 15) is 14.4 Å². The fourth-order valence-electron chi connectivity index (χ4n) is 5.34. The molecule has 2 N–H and O–H groups in total. The number of piperazine rings is 1. The number of β-lactam (4-membered cyclic amide) rings is 1. The number of likely N-dealkylation sites (N-methyl/N-ethyl adjacent to an activating group) is 1. The summed E-state index contributed by atoms with van der Waals surface area (Å²) in [5.74, 6) is 1.60. The molecule has 1 unspecified atom stereocenters. The minimum absolute atomic E-state index is 0.0492. The lowest BCUT2D eigenvalue weighted by molar-refractivity contribution is -0.155. The molecule has 0 bridgehead atoms. The fraction of sp³-hybridized carbons (Fsp3) is 0.516. The van der Waals surface area contributed by atoms with Crippen LogP contribution < -0.4 is 14.8 Å². The molecule has 0 saturated carbocycles. The lowest BCUT2D eigenvalue weighted by Crippen LogP contribution is -2.65. The molecule has 4 amide bonds. The minimum atomic E-state index is -0.351. The molecule has 0 radical (unpaired) electrons. The Labute approximate surface area is 242 Å². The van der Waals surface area contributed by atoms with Gasteiger partial charge in [-0.25, -0.2) is 4.79 Å². The van der Waals surface area contributed by atoms with Gasteiger partial charge in [0.1, 0.15) is 5.75 Å². The monoisotopic (exact) mass is 566 g/mol. The van der Waals surface area contributed by atoms with Gasteiger partial charge in [0.15, 0.2) is 11.5 Å². The number of nitrogens with one attached hydrogen (secondary N) is 1. The molecule has 0 aromatic heterocycles. The highest BCUT2D eigenvalue weighted by Crippen LogP contribution is 2.39. The second-order valence-corrected chi connectivity index (χ2v) is 10.9. The van der Waals surface area contributed by atoms with Gasteiger partial charge in [0, 0.05) is 38.3 Å². The van der Waals surface area contributed by atoms with E-state index in [2.05, 4.69) is 24.2 Å². The molecule has 222 valence electrons. The van der Waals surface area contributed by atoms with Crippen LogP contribution in [0.15, 0.2) is 42.5 Å². The molecule has 0 aliphatic carbocycles. The number of benzene rings is 2. The van der Waals surface area contributed by atoms with E-state index in [-0.39, 0.29) is 41.8 Å². The maximum Gasteiger partial charge on any atom is 0.324 e. The van der Waals surface area contributed by atoms with E-state index in [0.717, 1.165) is 63.2 Å². The number of rotatable bonds is 7. The van der Waals surface area contributed by atoms with Crippen molar-refractivity contribution in [1.82, 2.24) is 20.0 Å². The van der Waals surface area contributed by atoms with Crippen molar-refractivity contribution < 1.29 is 29.0 Å². The number of likely N-dealkylation sites (tertiary alicyclic amines) is 1. The molecule has 0 spiro atoms. The second kappa shape index (κ2) is 13.2. The van der Waals surface area contributed by atoms with Crippen molar-refractivity contribution in [2.75, 3.05) is 46.6 Å². The number of ether oxygens (including phenoxy) is 2. The van der Waals surface area contributed by atoms with Crippen molar-refractivity contribution >= 4 is 17.8 Å². The predicted molar refractivity (Wildman–Crippen MR) is 155 cm³/mol. The predicted octanol–water partition coefficient (Wildman–Crippen LogP) is 4.39. The van der Waals surface area contributed by atoms with Crippen molar-refractivity contribution in [3.8, 4) is 17.2 Å². The number of hydrogen-bond donors (Lipinski definition) is 2. The number of phenols is 1. The molecular weight excluding hydrogens is 524 g/mol. The van der Waals surface area contributed by atoms with Gasteiger partial charge in [-0.2, -0.15) is 0 Å². The molecule has 1 atom stereocenters. The van der Waals surface area contributed by atoms with Crippen LogP contribution in [0.5, 0.6) is 17.2 Å². The summed E-state index contributed by atoms with van der Waals surface area (Å²) in [5, 5.41) is 12.2. The molecule has 3 aliphatic heterocycles. The summed E-state index contributed by atoms with van der Waals surface area (Å²) in [5.41, 5.74) is 1.25. The Hall–Kier alpha value is -3.79. The van der Waals surface area contributed by atoms with E-state index in [1.165, 1.54) is 4.90 Å². The number of nitrogens with zero attached hydrogens (tertiary/aromatic N) is 3. The molecule has 10 nitrogen and oxygen atoms in total. The zero-order valence-electron chi connectivity index (χ0n) is 24.5. The number of carbonyl (C=O) groups excluding carboxylic acids is 3. The van der Waals surface area contributed by atoms with Crippen LogP contribution in [-0.4, -0.2) is 84.2 Å². The first kappa shape index (κ1) is 30.2. The molecule has 2 saturated heterocycles. The van der Waals surface area contributed by atoms with Gasteiger partial charge in [0.25, 0.3) is 5.91 Å². The maximum atomic E-state index is 12.6. The zero-order chi connectivity index (χ0) is 29.6. The normalized spacial score (nSPS) is 18.2. The van der Waals surface area contributed by atoms with Crippen molar-refractivity contribution in [1.29, 1.82) is 0 Å². The molecule has 2 fully saturated rings. The van der Waals surface area contributed by atoms with Gasteiger partial charge in [-0.1, -0.05) is 33.3 Å². The van der Waals surface area contributed by atoms with Crippen molar-refractivity contribution in [3.05, 3.63) is 53.6 Å². The summed E-state index contributed by atoms with van der Waals surface area (Å²) in [4.78, 5) is 42.5. The molecule has 10 heteroatoms. The number of carbonyl (C=O) groups is 3. The van der Waals surface area contributed by atoms with E-state index < -0.39 is 0 Å². The van der Waals surface area contributed by atoms with E-state index in [1.54, 1.807) is 24.3 Å². The molecule has 41 heavy (non-hydrogen) atoms. The Morgan fingerprint density at radius 1 is 0.976 bits per heavy atom. The largest absolute Gasteiger partial charge is 0.508 e. The zero-order valence-corrected chi connectivity index (χ0v) is 24.5. The number of hydrogen-bond acceptors (Lipinski definition) is 7. The highest BCUT2D eigenvalue weighted by atomic mass is 16.7. The lowest BCUT2D eigenvalue weighted by Gasteiger charge is -2.47. The van der Waals surface area contributed by atoms with E-state index in [0.29, 0.717) is 17.9 Å². The molecular formula is C31H42N4O6. The summed E-state index contributed by atoms with van der Waals surface area (Å²) in [7, 11) is 2.06. The molecule has 3 aliphatic rings. The Bertz CT molecular complexity index is 1220. The summed E-state index contributed by atoms with van der Waals surface area (Å²) in [6, 6.07) is 11.7. The van der Waals surface area contributed by atoms with Gasteiger partial charge >= 0.3 is 6.03 Å². The number of urea groups is 1. The Balaban J connectivity index is 0.000000208. The SMILES string of the molecule is CCCC(NC(=O)N1CC(CC)(CC)C1=O)c1ccc2c(c1)OCO2.CN1CCN(C(=O)c2ccc(O)cc2)CC1. The number of imide groups is 1. The van der Waals surface area contributed by atoms with Crippen molar-refractivity contribution in [2.24, 2.45) is 5.41 Å². The van der Waals surface area contributed by atoms with Crippen LogP contribution in [0.3, 0.4) is 0 Å². The van der Waals surface area contributed by atoms with Crippen LogP contribution in [0, 0.1) is 5.41 Å². The van der Waals surface area contributed by atoms with Crippen LogP contribution in [0.1, 0.15) is 68.4 Å². The van der Waals surface area contributed by atoms with E-state index in [1.807, 2.05) is 36.9 Å². The van der Waals surface area contributed by atoms with Gasteiger partial charge in [-0.3, -0.25) is 14.5 Å². The fourth-order valence-corrected chi connectivity index (χ4v) is 5.34. The highest BCUT2D eigenvalue weighted by Gasteiger charge is 2.52. The topological polar surface area (TPSA) is 112 Å². The van der Waals surface area contributed by atoms with Crippen LogP contribution in [0.4, 0.5) is 4.79 Å². The van der Waals surface area contributed by atoms with Gasteiger partial charge < -0.3 is 29.7 Å². The van der Waals surface area contributed by atoms with E-state index >= 15 is 0 Å². The van der Waals surface area contributed by atoms with Gasteiger partial charge in [-0.15, -0.1) is 0 Å². The second-order valence-electron chi connectivity index (χ2n) is 10.9. The Kier molecular flexibility index (Phi) is 9.75. The van der Waals surface area contributed by atoms with Crippen molar-refractivity contribution in [3.63, 3.8) is 0 Å². The highest BCUT2D eigenvalue weighted by molar-refractivity contribution is 6.02. The van der Waals surface area contributed by atoms with Crippen LogP contribution in [0.25, 0.3) is 0 Å². The Morgan fingerprint density at radius 2 is 1.63 bits per heavy atom. The first-order valence-electron chi connectivity index (χ1n) is 14.5. The van der Waals surface area contributed by atoms with Gasteiger partial charge in [0.05, 0.1) is 11.5 Å². The molecule has 2 aromatic rings. The third-order valence-corrected chi connectivity index (χ3v) is 8.34. The summed E-state index contributed by atoms with van der Waals surface area (Å²) >= 11 is 0. The summed E-state index contributed by atoms with van der Waals surface area (Å²) in [6.45, 7) is 10.2. The number of fused-ring (bicyclic) bond motifs is 1. The third kappa shape index (κ3) is 6.75. The third-order valence-electron chi connectivity index (χ3n) is 8.34. The number of amides is 4. The average molecular weight is 567 g/mol. The van der Waals surface area contributed by atoms with Crippen molar-refractivity contribution in [2.45, 2.75) is 52.5 Å². The van der Waals surface area contributed by atoms with Gasteiger partial charge in [0.2, 0.25) is 12.7 Å². The lowest BCUT2D eigenvalue weighted by atomic mass is 9.74. The minimum Gasteiger partial charge on any atom is -0.508 e. The molecule has 3 heterocycles. The first-order chi connectivity index (χ1) is 19.7. The maximum absolute atomic E-state index is 12.6. The summed E-state index contributed by atoms with van der Waals surface area (Å²) in [6.07, 6.45) is 3.25. The van der Waals surface area contributed by atoms with Crippen LogP contribution in [-0.2, 0) is 4.79 Å². The quantitative estimate of drug-likeness (QED) is 0.478. The number of aromatic hydroxyl groups is 1. The van der Waals surface area contributed by atoms with Gasteiger partial charge in [-0.05, 0) is 68.3 Å². The standard InChI is InChI=1S/C19H26N2O4.C12H16N2O2/c1-4-7-14(13-8-9-15-16(10-13)25-12-24-15)20-18(23)21-11-19(5-2,6-3)17(21)22;1-13-6-8-14(9-7-13)12(16)10-2-4-11(15)5-3-10/h8-10,14H,4-7,11-12H2,1-3H3,(H,20,23);2-5,15H,6-9H2,1H3. The number of phenolic OH excluding ortho intramolecular Hbond substituents is 1. The summed E-state index contributed by atoms with van der Waals surface area (Å²) < 4.78 is 10.8. The Morgan fingerprint density at radius 3 is 2.24 bits per heavy atom. The smallest absolute Gasteiger partial charge is 0.324 e.